The van der Waals surface area contributed by atoms with Gasteiger partial charge in [-0.1, -0.05) is 76.8 Å². The number of halogens is 3. The van der Waals surface area contributed by atoms with Crippen LogP contribution in [0.2, 0.25) is 5.15 Å². The lowest BCUT2D eigenvalue weighted by Crippen LogP contribution is -2.55. The third-order valence-corrected chi connectivity index (χ3v) is 7.64. The summed E-state index contributed by atoms with van der Waals surface area (Å²) in [5.74, 6) is 1.09. The van der Waals surface area contributed by atoms with E-state index >= 15 is 0 Å². The molecule has 1 aliphatic carbocycles. The molecule has 11 heteroatoms. The zero-order chi connectivity index (χ0) is 27.4. The molecule has 0 spiro atoms. The van der Waals surface area contributed by atoms with Crippen LogP contribution >= 0.6 is 34.8 Å². The Bertz CT molecular complexity index is 1360. The van der Waals surface area contributed by atoms with Crippen LogP contribution in [0, 0.1) is 6.92 Å². The van der Waals surface area contributed by atoms with Gasteiger partial charge in [0.05, 0.1) is 6.04 Å². The first-order chi connectivity index (χ1) is 18.7. The van der Waals surface area contributed by atoms with E-state index in [1.54, 1.807) is 29.4 Å². The summed E-state index contributed by atoms with van der Waals surface area (Å²) in [6.07, 6.45) is 11.8. The topological polar surface area (TPSA) is 79.2 Å². The first-order valence-electron chi connectivity index (χ1n) is 12.8. The Morgan fingerprint density at radius 3 is 2.72 bits per heavy atom. The molecule has 0 saturated carbocycles. The van der Waals surface area contributed by atoms with Gasteiger partial charge in [0.25, 0.3) is 0 Å². The van der Waals surface area contributed by atoms with E-state index < -0.39 is 4.33 Å². The number of imidazole rings is 1. The summed E-state index contributed by atoms with van der Waals surface area (Å²) >= 11 is 18.9. The molecular weight excluding hydrogens is 557 g/mol. The van der Waals surface area contributed by atoms with Crippen LogP contribution in [0.5, 0.6) is 0 Å². The molecule has 8 nitrogen and oxygen atoms in total. The van der Waals surface area contributed by atoms with E-state index in [0.29, 0.717) is 49.4 Å². The minimum atomic E-state index is -0.848. The molecule has 3 aromatic rings. The Kier molecular flexibility index (Phi) is 8.57. The molecule has 204 valence electrons. The lowest BCUT2D eigenvalue weighted by atomic mass is 10.0. The van der Waals surface area contributed by atoms with Gasteiger partial charge >= 0.3 is 0 Å². The molecule has 39 heavy (non-hydrogen) atoms. The lowest BCUT2D eigenvalue weighted by molar-refractivity contribution is -0.121. The third-order valence-electron chi connectivity index (χ3n) is 6.88. The minimum absolute atomic E-state index is 0.0201. The number of nitrogens with one attached hydrogen (secondary N) is 1. The van der Waals surface area contributed by atoms with Crippen LogP contribution in [0.4, 0.5) is 5.82 Å². The third kappa shape index (κ3) is 7.39. The maximum absolute atomic E-state index is 13.1. The molecule has 1 N–H and O–H groups in total. The highest BCUT2D eigenvalue weighted by Gasteiger charge is 2.31. The molecule has 1 fully saturated rings. The molecular formula is C28H30Cl3N7O. The van der Waals surface area contributed by atoms with Crippen molar-refractivity contribution in [2.75, 3.05) is 31.1 Å². The number of nitrogens with zero attached hydrogens (tertiary/aromatic N) is 6. The number of allylic oxidation sites excluding steroid dienone is 2. The van der Waals surface area contributed by atoms with E-state index in [-0.39, 0.29) is 11.9 Å². The van der Waals surface area contributed by atoms with E-state index in [0.717, 1.165) is 24.2 Å². The Morgan fingerprint density at radius 2 is 2.00 bits per heavy atom. The number of carbonyl (C=O) groups excluding carboxylic acids is 1. The van der Waals surface area contributed by atoms with E-state index in [4.69, 9.17) is 39.8 Å². The molecule has 0 radical (unpaired) electrons. The van der Waals surface area contributed by atoms with Crippen molar-refractivity contribution in [3.05, 3.63) is 89.1 Å². The summed E-state index contributed by atoms with van der Waals surface area (Å²) in [4.78, 5) is 30.9. The number of amides is 1. The number of benzene rings is 1. The Labute approximate surface area is 243 Å². The molecule has 1 amide bonds. The van der Waals surface area contributed by atoms with Gasteiger partial charge in [-0.25, -0.2) is 9.97 Å². The molecule has 2 aliphatic rings. The van der Waals surface area contributed by atoms with Crippen LogP contribution in [0.1, 0.15) is 24.0 Å². The maximum Gasteiger partial charge on any atom is 0.238 e. The second-order valence-corrected chi connectivity index (χ2v) is 11.9. The van der Waals surface area contributed by atoms with Crippen LogP contribution < -0.4 is 10.2 Å². The van der Waals surface area contributed by atoms with E-state index in [1.165, 1.54) is 5.56 Å². The number of aromatic nitrogens is 4. The summed E-state index contributed by atoms with van der Waals surface area (Å²) in [5.41, 5.74) is 3.41. The monoisotopic (exact) mass is 585 g/mol. The Morgan fingerprint density at radius 1 is 1.18 bits per heavy atom. The van der Waals surface area contributed by atoms with Crippen molar-refractivity contribution >= 4 is 46.5 Å². The summed E-state index contributed by atoms with van der Waals surface area (Å²) in [6.45, 7) is 5.43. The quantitative estimate of drug-likeness (QED) is 0.299. The Balaban J connectivity index is 1.32. The van der Waals surface area contributed by atoms with Gasteiger partial charge in [0.15, 0.2) is 0 Å². The lowest BCUT2D eigenvalue weighted by Gasteiger charge is -2.42. The smallest absolute Gasteiger partial charge is 0.238 e. The van der Waals surface area contributed by atoms with Gasteiger partial charge in [0, 0.05) is 64.0 Å². The highest BCUT2D eigenvalue weighted by Crippen LogP contribution is 2.32. The molecule has 0 bridgehead atoms. The predicted molar refractivity (Wildman–Crippen MR) is 156 cm³/mol. The second-order valence-electron chi connectivity index (χ2n) is 9.95. The molecule has 1 atom stereocenters. The van der Waals surface area contributed by atoms with Crippen LogP contribution in [0.3, 0.4) is 0 Å². The first-order valence-corrected chi connectivity index (χ1v) is 14.0. The molecule has 1 aromatic carbocycles. The molecule has 2 aromatic heterocycles. The van der Waals surface area contributed by atoms with Crippen LogP contribution in [-0.4, -0.2) is 66.9 Å². The fourth-order valence-corrected chi connectivity index (χ4v) is 5.23. The number of piperazine rings is 1. The number of alkyl halides is 2. The van der Waals surface area contributed by atoms with Gasteiger partial charge in [-0.2, -0.15) is 4.98 Å². The van der Waals surface area contributed by atoms with Crippen molar-refractivity contribution < 1.29 is 4.79 Å². The van der Waals surface area contributed by atoms with Gasteiger partial charge in [0.1, 0.15) is 21.6 Å². The van der Waals surface area contributed by atoms with Gasteiger partial charge in [-0.15, -0.1) is 0 Å². The normalized spacial score (nSPS) is 19.1. The SMILES string of the molecule is Cc1ccc(CNC(=O)CC2CN(CC3=CCC(Cl)(Cl)C=C3)CCN2c2cc(Cl)nc(-n3ccnc3)n2)cc1. The van der Waals surface area contributed by atoms with Crippen molar-refractivity contribution in [2.45, 2.75) is 36.7 Å². The number of rotatable bonds is 8. The van der Waals surface area contributed by atoms with Gasteiger partial charge in [-0.05, 0) is 24.1 Å². The highest BCUT2D eigenvalue weighted by atomic mass is 35.5. The Hall–Kier alpha value is -2.91. The zero-order valence-corrected chi connectivity index (χ0v) is 23.9. The zero-order valence-electron chi connectivity index (χ0n) is 21.6. The van der Waals surface area contributed by atoms with Crippen LogP contribution in [-0.2, 0) is 11.3 Å². The van der Waals surface area contributed by atoms with Crippen molar-refractivity contribution in [3.63, 3.8) is 0 Å². The average molecular weight is 587 g/mol. The van der Waals surface area contributed by atoms with Gasteiger partial charge in [-0.3, -0.25) is 14.3 Å². The molecule has 1 saturated heterocycles. The fraction of sp³-hybridized carbons (Fsp3) is 0.357. The largest absolute Gasteiger partial charge is 0.352 e. The number of hydrogen-bond acceptors (Lipinski definition) is 6. The van der Waals surface area contributed by atoms with Crippen LogP contribution in [0.25, 0.3) is 5.95 Å². The van der Waals surface area contributed by atoms with E-state index in [2.05, 4.69) is 31.2 Å². The van der Waals surface area contributed by atoms with Crippen molar-refractivity contribution in [2.24, 2.45) is 0 Å². The molecule has 1 unspecified atom stereocenters. The number of carbonyl (C=O) groups is 1. The fourth-order valence-electron chi connectivity index (χ4n) is 4.77. The summed E-state index contributed by atoms with van der Waals surface area (Å²) in [5, 5.41) is 3.41. The van der Waals surface area contributed by atoms with Crippen molar-refractivity contribution in [1.82, 2.24) is 29.7 Å². The van der Waals surface area contributed by atoms with Gasteiger partial charge < -0.3 is 10.2 Å². The first kappa shape index (κ1) is 27.6. The summed E-state index contributed by atoms with van der Waals surface area (Å²) in [7, 11) is 0. The number of anilines is 1. The predicted octanol–water partition coefficient (Wildman–Crippen LogP) is 4.88. The van der Waals surface area contributed by atoms with Crippen LogP contribution in [0.15, 0.2) is 72.9 Å². The summed E-state index contributed by atoms with van der Waals surface area (Å²) < 4.78 is 0.865. The highest BCUT2D eigenvalue weighted by molar-refractivity contribution is 6.50. The molecule has 3 heterocycles. The van der Waals surface area contributed by atoms with Gasteiger partial charge in [0.2, 0.25) is 11.9 Å². The minimum Gasteiger partial charge on any atom is -0.352 e. The standard InChI is InChI=1S/C28H30Cl3N7O/c1-20-2-4-21(5-3-20)16-33-26(39)14-23-18-36(17-22-6-8-28(30,31)9-7-22)12-13-38(23)25-15-24(29)34-27(35-25)37-11-10-32-19-37/h2-8,10-11,15,19,23H,9,12-14,16-18H2,1H3,(H,33,39). The number of aryl methyl sites for hydroxylation is 1. The maximum atomic E-state index is 13.1. The number of hydrogen-bond donors (Lipinski definition) is 1. The summed E-state index contributed by atoms with van der Waals surface area (Å²) in [6, 6.07) is 9.80. The molecule has 1 aliphatic heterocycles. The van der Waals surface area contributed by atoms with Crippen molar-refractivity contribution in [3.8, 4) is 5.95 Å². The average Bonchev–Trinajstić information content (AvgIpc) is 3.45. The second kappa shape index (κ2) is 12.1. The van der Waals surface area contributed by atoms with E-state index in [1.807, 2.05) is 43.3 Å². The molecule has 5 rings (SSSR count). The van der Waals surface area contributed by atoms with E-state index in [9.17, 15) is 4.79 Å². The van der Waals surface area contributed by atoms with Crippen molar-refractivity contribution in [1.29, 1.82) is 0 Å².